The predicted molar refractivity (Wildman–Crippen MR) is 76.2 cm³/mol. The van der Waals surface area contributed by atoms with E-state index < -0.39 is 17.9 Å². The number of benzene rings is 1. The summed E-state index contributed by atoms with van der Waals surface area (Å²) in [6.45, 7) is 1.16. The summed E-state index contributed by atoms with van der Waals surface area (Å²) >= 11 is 0. The number of hydrogen-bond acceptors (Lipinski definition) is 4. The van der Waals surface area contributed by atoms with Gasteiger partial charge in [0, 0.05) is 24.6 Å². The molecule has 1 fully saturated rings. The molecule has 112 valence electrons. The molecule has 1 aromatic rings. The standard InChI is InChI=1S/C15H18N2O4/c18-14(17-13-8-21-7-11(13)15(19)20)5-9-6-16-12-4-2-1-3-10(9)12/h1-4,9,11,13,16H,5-8H2,(H,17,18)(H,19,20). The molecule has 2 aliphatic heterocycles. The van der Waals surface area contributed by atoms with Crippen LogP contribution < -0.4 is 10.6 Å². The summed E-state index contributed by atoms with van der Waals surface area (Å²) < 4.78 is 5.15. The molecule has 0 aliphatic carbocycles. The predicted octanol–water partition coefficient (Wildman–Crippen LogP) is 0.802. The summed E-state index contributed by atoms with van der Waals surface area (Å²) in [4.78, 5) is 23.2. The van der Waals surface area contributed by atoms with Crippen LogP contribution in [0.25, 0.3) is 0 Å². The van der Waals surface area contributed by atoms with E-state index in [1.54, 1.807) is 0 Å². The number of para-hydroxylation sites is 1. The van der Waals surface area contributed by atoms with E-state index in [0.29, 0.717) is 6.42 Å². The number of ether oxygens (including phenoxy) is 1. The van der Waals surface area contributed by atoms with Crippen LogP contribution in [-0.2, 0) is 14.3 Å². The largest absolute Gasteiger partial charge is 0.481 e. The highest BCUT2D eigenvalue weighted by molar-refractivity contribution is 5.80. The van der Waals surface area contributed by atoms with Gasteiger partial charge in [-0.1, -0.05) is 18.2 Å². The summed E-state index contributed by atoms with van der Waals surface area (Å²) in [5.41, 5.74) is 2.22. The van der Waals surface area contributed by atoms with Gasteiger partial charge in [-0.3, -0.25) is 9.59 Å². The van der Waals surface area contributed by atoms with Crippen molar-refractivity contribution in [1.82, 2.24) is 5.32 Å². The lowest BCUT2D eigenvalue weighted by atomic mass is 9.97. The van der Waals surface area contributed by atoms with Crippen LogP contribution in [0.4, 0.5) is 5.69 Å². The SMILES string of the molecule is O=C(CC1CNc2ccccc21)NC1COCC1C(=O)O. The van der Waals surface area contributed by atoms with Crippen LogP contribution in [0, 0.1) is 5.92 Å². The van der Waals surface area contributed by atoms with Crippen molar-refractivity contribution in [3.8, 4) is 0 Å². The van der Waals surface area contributed by atoms with E-state index in [2.05, 4.69) is 10.6 Å². The van der Waals surface area contributed by atoms with Gasteiger partial charge in [0.25, 0.3) is 0 Å². The van der Waals surface area contributed by atoms with Crippen molar-refractivity contribution < 1.29 is 19.4 Å². The van der Waals surface area contributed by atoms with E-state index in [4.69, 9.17) is 9.84 Å². The Morgan fingerprint density at radius 3 is 2.95 bits per heavy atom. The molecule has 3 atom stereocenters. The smallest absolute Gasteiger partial charge is 0.311 e. The molecular formula is C15H18N2O4. The number of nitrogens with one attached hydrogen (secondary N) is 2. The van der Waals surface area contributed by atoms with Crippen LogP contribution in [0.5, 0.6) is 0 Å². The average molecular weight is 290 g/mol. The fourth-order valence-corrected chi connectivity index (χ4v) is 2.97. The molecule has 0 radical (unpaired) electrons. The zero-order valence-corrected chi connectivity index (χ0v) is 11.5. The van der Waals surface area contributed by atoms with Gasteiger partial charge in [-0.15, -0.1) is 0 Å². The number of aliphatic carboxylic acids is 1. The van der Waals surface area contributed by atoms with Crippen LogP contribution in [-0.4, -0.2) is 42.8 Å². The molecule has 6 nitrogen and oxygen atoms in total. The Hall–Kier alpha value is -2.08. The van der Waals surface area contributed by atoms with Gasteiger partial charge in [0.1, 0.15) is 5.92 Å². The number of rotatable bonds is 4. The second-order valence-corrected chi connectivity index (χ2v) is 5.53. The van der Waals surface area contributed by atoms with Gasteiger partial charge in [0.2, 0.25) is 5.91 Å². The molecule has 3 rings (SSSR count). The number of fused-ring (bicyclic) bond motifs is 1. The number of carbonyl (C=O) groups is 2. The van der Waals surface area contributed by atoms with Crippen molar-refractivity contribution in [2.45, 2.75) is 18.4 Å². The lowest BCUT2D eigenvalue weighted by molar-refractivity contribution is -0.142. The van der Waals surface area contributed by atoms with Crippen LogP contribution >= 0.6 is 0 Å². The second kappa shape index (κ2) is 5.73. The minimum atomic E-state index is -0.925. The van der Waals surface area contributed by atoms with E-state index in [1.165, 1.54) is 0 Å². The van der Waals surface area contributed by atoms with E-state index in [0.717, 1.165) is 17.8 Å². The molecule has 6 heteroatoms. The first-order valence-corrected chi connectivity index (χ1v) is 7.08. The Morgan fingerprint density at radius 2 is 2.14 bits per heavy atom. The molecule has 1 saturated heterocycles. The highest BCUT2D eigenvalue weighted by Gasteiger charge is 2.35. The van der Waals surface area contributed by atoms with Crippen molar-refractivity contribution >= 4 is 17.6 Å². The number of carboxylic acids is 1. The van der Waals surface area contributed by atoms with Crippen molar-refractivity contribution in [2.75, 3.05) is 25.1 Å². The molecule has 0 bridgehead atoms. The summed E-state index contributed by atoms with van der Waals surface area (Å²) in [6.07, 6.45) is 0.354. The summed E-state index contributed by atoms with van der Waals surface area (Å²) in [7, 11) is 0. The lowest BCUT2D eigenvalue weighted by Crippen LogP contribution is -2.43. The third-order valence-electron chi connectivity index (χ3n) is 4.12. The molecule has 2 aliphatic rings. The number of carboxylic acid groups (broad SMARTS) is 1. The fourth-order valence-electron chi connectivity index (χ4n) is 2.97. The van der Waals surface area contributed by atoms with Crippen molar-refractivity contribution in [2.24, 2.45) is 5.92 Å². The Bertz CT molecular complexity index is 560. The molecule has 0 aromatic heterocycles. The summed E-state index contributed by atoms with van der Waals surface area (Å²) in [5.74, 6) is -1.57. The van der Waals surface area contributed by atoms with E-state index >= 15 is 0 Å². The van der Waals surface area contributed by atoms with E-state index in [1.807, 2.05) is 24.3 Å². The van der Waals surface area contributed by atoms with Crippen molar-refractivity contribution in [3.63, 3.8) is 0 Å². The molecule has 21 heavy (non-hydrogen) atoms. The fraction of sp³-hybridized carbons (Fsp3) is 0.467. The Labute approximate surface area is 122 Å². The first kappa shape index (κ1) is 13.9. The van der Waals surface area contributed by atoms with Crippen LogP contribution in [0.3, 0.4) is 0 Å². The maximum Gasteiger partial charge on any atom is 0.311 e. The maximum absolute atomic E-state index is 12.1. The monoisotopic (exact) mass is 290 g/mol. The van der Waals surface area contributed by atoms with Gasteiger partial charge in [0.15, 0.2) is 0 Å². The summed E-state index contributed by atoms with van der Waals surface area (Å²) in [6, 6.07) is 7.51. The highest BCUT2D eigenvalue weighted by Crippen LogP contribution is 2.33. The van der Waals surface area contributed by atoms with Crippen molar-refractivity contribution in [3.05, 3.63) is 29.8 Å². The van der Waals surface area contributed by atoms with E-state index in [9.17, 15) is 9.59 Å². The van der Waals surface area contributed by atoms with Gasteiger partial charge in [0.05, 0.1) is 19.3 Å². The number of amides is 1. The number of anilines is 1. The third kappa shape index (κ3) is 2.85. The average Bonchev–Trinajstić information content (AvgIpc) is 3.06. The number of carbonyl (C=O) groups excluding carboxylic acids is 1. The van der Waals surface area contributed by atoms with Crippen molar-refractivity contribution in [1.29, 1.82) is 0 Å². The highest BCUT2D eigenvalue weighted by atomic mass is 16.5. The van der Waals surface area contributed by atoms with Crippen LogP contribution in [0.2, 0.25) is 0 Å². The normalized spacial score (nSPS) is 27.0. The third-order valence-corrected chi connectivity index (χ3v) is 4.12. The van der Waals surface area contributed by atoms with Gasteiger partial charge in [-0.2, -0.15) is 0 Å². The zero-order chi connectivity index (χ0) is 14.8. The minimum absolute atomic E-state index is 0.125. The van der Waals surface area contributed by atoms with Gasteiger partial charge in [-0.05, 0) is 11.6 Å². The Morgan fingerprint density at radius 1 is 1.33 bits per heavy atom. The minimum Gasteiger partial charge on any atom is -0.481 e. The molecule has 2 heterocycles. The van der Waals surface area contributed by atoms with Crippen LogP contribution in [0.15, 0.2) is 24.3 Å². The zero-order valence-electron chi connectivity index (χ0n) is 11.5. The van der Waals surface area contributed by atoms with Gasteiger partial charge in [-0.25, -0.2) is 0 Å². The first-order chi connectivity index (χ1) is 10.1. The quantitative estimate of drug-likeness (QED) is 0.763. The second-order valence-electron chi connectivity index (χ2n) is 5.53. The molecule has 0 saturated carbocycles. The molecule has 1 aromatic carbocycles. The Balaban J connectivity index is 1.59. The molecule has 0 spiro atoms. The molecular weight excluding hydrogens is 272 g/mol. The Kier molecular flexibility index (Phi) is 3.79. The topological polar surface area (TPSA) is 87.7 Å². The first-order valence-electron chi connectivity index (χ1n) is 7.08. The molecule has 3 N–H and O–H groups in total. The van der Waals surface area contributed by atoms with E-state index in [-0.39, 0.29) is 25.0 Å². The van der Waals surface area contributed by atoms with Gasteiger partial charge >= 0.3 is 5.97 Å². The summed E-state index contributed by atoms with van der Waals surface area (Å²) in [5, 5.41) is 15.1. The maximum atomic E-state index is 12.1. The van der Waals surface area contributed by atoms with Crippen LogP contribution in [0.1, 0.15) is 17.9 Å². The molecule has 3 unspecified atom stereocenters. The number of hydrogen-bond donors (Lipinski definition) is 3. The lowest BCUT2D eigenvalue weighted by Gasteiger charge is -2.17. The van der Waals surface area contributed by atoms with Gasteiger partial charge < -0.3 is 20.5 Å². The molecule has 1 amide bonds.